The summed E-state index contributed by atoms with van der Waals surface area (Å²) in [5.74, 6) is -3.37. The normalized spacial score (nSPS) is 26.9. The van der Waals surface area contributed by atoms with Gasteiger partial charge < -0.3 is 28.4 Å². The number of alkyl halides is 3. The van der Waals surface area contributed by atoms with E-state index in [0.29, 0.717) is 0 Å². The van der Waals surface area contributed by atoms with Crippen LogP contribution >= 0.6 is 34.8 Å². The smallest absolute Gasteiger partial charge is 0.303 e. The largest absolute Gasteiger partial charge is 0.463 e. The molecule has 1 rings (SSSR count). The van der Waals surface area contributed by atoms with Gasteiger partial charge in [-0.1, -0.05) is 23.2 Å². The van der Waals surface area contributed by atoms with E-state index in [1.807, 2.05) is 0 Å². The Morgan fingerprint density at radius 1 is 0.828 bits per heavy atom. The predicted octanol–water partition coefficient (Wildman–Crippen LogP) is 1.46. The molecule has 0 saturated carbocycles. The van der Waals surface area contributed by atoms with Gasteiger partial charge in [0, 0.05) is 27.7 Å². The van der Waals surface area contributed by atoms with Crippen LogP contribution in [0.4, 0.5) is 0 Å². The van der Waals surface area contributed by atoms with Crippen LogP contribution in [-0.4, -0.2) is 71.6 Å². The Hall–Kier alpha value is -1.33. The van der Waals surface area contributed by atoms with Crippen molar-refractivity contribution in [2.24, 2.45) is 0 Å². The molecule has 5 atom stereocenters. The van der Waals surface area contributed by atoms with Crippen molar-refractivity contribution in [3.8, 4) is 0 Å². The van der Waals surface area contributed by atoms with Gasteiger partial charge in [-0.15, -0.1) is 11.6 Å². The number of ether oxygens (including phenoxy) is 6. The maximum Gasteiger partial charge on any atom is 0.303 e. The molecule has 29 heavy (non-hydrogen) atoms. The molecule has 1 saturated heterocycles. The summed E-state index contributed by atoms with van der Waals surface area (Å²) in [5, 5.41) is 0. The van der Waals surface area contributed by atoms with Crippen LogP contribution in [0.1, 0.15) is 27.7 Å². The summed E-state index contributed by atoms with van der Waals surface area (Å²) >= 11 is 17.5. The number of halogens is 3. The number of carbonyl (C=O) groups excluding carboxylic acids is 4. The fraction of sp³-hybridized carbons (Fsp3) is 0.750. The Balaban J connectivity index is 3.35. The minimum atomic E-state index is -1.97. The molecule has 0 radical (unpaired) electrons. The molecule has 0 aromatic carbocycles. The van der Waals surface area contributed by atoms with Gasteiger partial charge in [-0.25, -0.2) is 0 Å². The van der Waals surface area contributed by atoms with Gasteiger partial charge in [0.25, 0.3) is 0 Å². The molecular formula is C16H21Cl3O10. The number of carbonyl (C=O) groups is 4. The first-order chi connectivity index (χ1) is 13.4. The topological polar surface area (TPSA) is 124 Å². The minimum absolute atomic E-state index is 0.400. The summed E-state index contributed by atoms with van der Waals surface area (Å²) in [5.41, 5.74) is 0. The van der Waals surface area contributed by atoms with Crippen molar-refractivity contribution in [2.45, 2.75) is 62.9 Å². The Kier molecular flexibility index (Phi) is 9.90. The quantitative estimate of drug-likeness (QED) is 0.287. The molecule has 0 spiro atoms. The van der Waals surface area contributed by atoms with Gasteiger partial charge in [0.05, 0.1) is 5.88 Å². The van der Waals surface area contributed by atoms with Gasteiger partial charge in [-0.3, -0.25) is 19.2 Å². The zero-order valence-corrected chi connectivity index (χ0v) is 18.3. The van der Waals surface area contributed by atoms with Crippen molar-refractivity contribution in [1.29, 1.82) is 0 Å². The Morgan fingerprint density at radius 3 is 1.76 bits per heavy atom. The van der Waals surface area contributed by atoms with Crippen molar-refractivity contribution in [3.63, 3.8) is 0 Å². The van der Waals surface area contributed by atoms with Crippen molar-refractivity contribution in [3.05, 3.63) is 0 Å². The average molecular weight is 480 g/mol. The summed E-state index contributed by atoms with van der Waals surface area (Å²) in [6.07, 6.45) is -6.82. The highest BCUT2D eigenvalue weighted by atomic mass is 35.5. The molecular weight excluding hydrogens is 459 g/mol. The fourth-order valence-corrected chi connectivity index (χ4v) is 2.72. The molecule has 10 nitrogen and oxygen atoms in total. The predicted molar refractivity (Wildman–Crippen MR) is 98.2 cm³/mol. The van der Waals surface area contributed by atoms with Crippen LogP contribution in [0, 0.1) is 0 Å². The lowest BCUT2D eigenvalue weighted by Gasteiger charge is -2.44. The molecule has 1 heterocycles. The lowest BCUT2D eigenvalue weighted by Crippen LogP contribution is -2.63. The highest BCUT2D eigenvalue weighted by molar-refractivity contribution is 6.50. The van der Waals surface area contributed by atoms with Gasteiger partial charge >= 0.3 is 23.9 Å². The third-order valence-corrected chi connectivity index (χ3v) is 4.49. The van der Waals surface area contributed by atoms with Crippen LogP contribution in [-0.2, 0) is 47.6 Å². The van der Waals surface area contributed by atoms with Crippen LogP contribution in [0.25, 0.3) is 0 Å². The van der Waals surface area contributed by atoms with Crippen molar-refractivity contribution >= 4 is 58.7 Å². The fourth-order valence-electron chi connectivity index (χ4n) is 2.49. The molecule has 166 valence electrons. The van der Waals surface area contributed by atoms with Crippen molar-refractivity contribution < 1.29 is 47.6 Å². The first kappa shape index (κ1) is 25.7. The Labute approximate surface area is 181 Å². The second kappa shape index (κ2) is 11.2. The van der Waals surface area contributed by atoms with E-state index in [2.05, 4.69) is 0 Å². The van der Waals surface area contributed by atoms with E-state index >= 15 is 0 Å². The number of esters is 4. The van der Waals surface area contributed by atoms with Crippen LogP contribution in [0.2, 0.25) is 0 Å². The summed E-state index contributed by atoms with van der Waals surface area (Å²) in [6, 6.07) is 0. The first-order valence-corrected chi connectivity index (χ1v) is 9.57. The molecule has 0 unspecified atom stereocenters. The van der Waals surface area contributed by atoms with Crippen molar-refractivity contribution in [2.75, 3.05) is 12.5 Å². The van der Waals surface area contributed by atoms with Crippen LogP contribution in [0.3, 0.4) is 0 Å². The van der Waals surface area contributed by atoms with Crippen molar-refractivity contribution in [1.82, 2.24) is 0 Å². The standard InChI is InChI=1S/C16H21Cl3O10/c1-7(20)24-5-11-12(25-8(2)21)13(26-9(3)22)14(27-10(4)23)15(28-11)29-16(18,19)6-17/h11-15H,5-6H2,1-4H3/t11-,12-,13+,14-,15+/m1/s1. The van der Waals surface area contributed by atoms with Gasteiger partial charge in [0.2, 0.25) is 10.8 Å². The van der Waals surface area contributed by atoms with E-state index in [1.165, 1.54) is 0 Å². The van der Waals surface area contributed by atoms with E-state index in [9.17, 15) is 19.2 Å². The molecule has 13 heteroatoms. The zero-order valence-electron chi connectivity index (χ0n) is 16.0. The highest BCUT2D eigenvalue weighted by Gasteiger charge is 2.54. The molecule has 1 aliphatic heterocycles. The molecule has 0 aliphatic carbocycles. The van der Waals surface area contributed by atoms with Crippen LogP contribution < -0.4 is 0 Å². The maximum atomic E-state index is 11.7. The third kappa shape index (κ3) is 8.51. The monoisotopic (exact) mass is 478 g/mol. The van der Waals surface area contributed by atoms with E-state index in [4.69, 9.17) is 63.2 Å². The van der Waals surface area contributed by atoms with Gasteiger partial charge in [0.15, 0.2) is 18.3 Å². The molecule has 1 aliphatic rings. The highest BCUT2D eigenvalue weighted by Crippen LogP contribution is 2.35. The van der Waals surface area contributed by atoms with Gasteiger partial charge in [0.1, 0.15) is 12.7 Å². The Bertz CT molecular complexity index is 626. The molecule has 1 fully saturated rings. The summed E-state index contributed by atoms with van der Waals surface area (Å²) in [6.45, 7) is 4.03. The summed E-state index contributed by atoms with van der Waals surface area (Å²) in [7, 11) is 0. The molecule has 0 bridgehead atoms. The summed E-state index contributed by atoms with van der Waals surface area (Å²) < 4.78 is 29.5. The molecule has 0 aromatic heterocycles. The number of rotatable bonds is 8. The van der Waals surface area contributed by atoms with Crippen LogP contribution in [0.15, 0.2) is 0 Å². The zero-order chi connectivity index (χ0) is 22.4. The van der Waals surface area contributed by atoms with E-state index in [0.717, 1.165) is 27.7 Å². The number of hydrogen-bond donors (Lipinski definition) is 0. The molecule has 0 amide bonds. The first-order valence-electron chi connectivity index (χ1n) is 8.28. The lowest BCUT2D eigenvalue weighted by molar-refractivity contribution is -0.313. The van der Waals surface area contributed by atoms with Crippen LogP contribution in [0.5, 0.6) is 0 Å². The maximum absolute atomic E-state index is 11.7. The lowest BCUT2D eigenvalue weighted by atomic mass is 9.98. The Morgan fingerprint density at radius 2 is 1.31 bits per heavy atom. The summed E-state index contributed by atoms with van der Waals surface area (Å²) in [4.78, 5) is 46.1. The molecule has 0 aromatic rings. The van der Waals surface area contributed by atoms with E-state index < -0.39 is 71.6 Å². The second-order valence-corrected chi connectivity index (χ2v) is 7.64. The average Bonchev–Trinajstić information content (AvgIpc) is 2.57. The third-order valence-electron chi connectivity index (χ3n) is 3.39. The van der Waals surface area contributed by atoms with Gasteiger partial charge in [-0.05, 0) is 0 Å². The van der Waals surface area contributed by atoms with Gasteiger partial charge in [-0.2, -0.15) is 0 Å². The SMILES string of the molecule is CC(=O)OC[C@H]1O[C@@H](OC(Cl)(Cl)CCl)[C@H](OC(C)=O)[C@@H](OC(C)=O)[C@@H]1OC(C)=O. The molecule has 0 N–H and O–H groups in total. The minimum Gasteiger partial charge on any atom is -0.463 e. The van der Waals surface area contributed by atoms with E-state index in [-0.39, 0.29) is 0 Å². The van der Waals surface area contributed by atoms with E-state index in [1.54, 1.807) is 0 Å². The number of hydrogen-bond acceptors (Lipinski definition) is 10. The second-order valence-electron chi connectivity index (χ2n) is 5.96.